The number of hydrogen-bond donors (Lipinski definition) is 2. The smallest absolute Gasteiger partial charge is 0.0540 e. The van der Waals surface area contributed by atoms with Crippen molar-refractivity contribution in [3.63, 3.8) is 0 Å². The van der Waals surface area contributed by atoms with Crippen molar-refractivity contribution in [1.82, 2.24) is 0 Å². The summed E-state index contributed by atoms with van der Waals surface area (Å²) in [6, 6.07) is 0. The molecule has 0 unspecified atom stereocenters. The van der Waals surface area contributed by atoms with E-state index in [2.05, 4.69) is 13.8 Å². The number of unbranched alkanes of at least 4 members (excludes halogenated alkanes) is 23. The van der Waals surface area contributed by atoms with Crippen LogP contribution >= 0.6 is 0 Å². The zero-order valence-electron chi connectivity index (χ0n) is 25.3. The van der Waals surface area contributed by atoms with Gasteiger partial charge in [0.15, 0.2) is 0 Å². The molecule has 0 aromatic heterocycles. The van der Waals surface area contributed by atoms with E-state index in [-0.39, 0.29) is 12.2 Å². The van der Waals surface area contributed by atoms with Crippen LogP contribution in [-0.4, -0.2) is 22.4 Å². The summed E-state index contributed by atoms with van der Waals surface area (Å²) in [5.74, 6) is 0. The molecule has 2 nitrogen and oxygen atoms in total. The summed E-state index contributed by atoms with van der Waals surface area (Å²) in [7, 11) is 0. The summed E-state index contributed by atoms with van der Waals surface area (Å²) in [6.45, 7) is 4.56. The average Bonchev–Trinajstić information content (AvgIpc) is 2.87. The third-order valence-corrected chi connectivity index (χ3v) is 8.11. The Labute approximate surface area is 228 Å². The molecule has 218 valence electrons. The molecule has 36 heavy (non-hydrogen) atoms. The summed E-state index contributed by atoms with van der Waals surface area (Å²) in [6.07, 6.45) is 38.7. The van der Waals surface area contributed by atoms with E-state index in [0.717, 1.165) is 25.7 Å². The molecule has 0 saturated carbocycles. The van der Waals surface area contributed by atoms with Crippen LogP contribution in [0.5, 0.6) is 0 Å². The Balaban J connectivity index is 3.24. The minimum atomic E-state index is -0.0697. The lowest BCUT2D eigenvalue weighted by Crippen LogP contribution is -2.06. The van der Waals surface area contributed by atoms with Crippen molar-refractivity contribution in [3.05, 3.63) is 0 Å². The number of aliphatic hydroxyl groups is 2. The Morgan fingerprint density at radius 3 is 0.639 bits per heavy atom. The Kier molecular flexibility index (Phi) is 31.1. The highest BCUT2D eigenvalue weighted by Crippen LogP contribution is 2.17. The molecule has 0 aliphatic rings. The molecule has 0 bridgehead atoms. The maximum absolute atomic E-state index is 10.2. The zero-order chi connectivity index (χ0) is 26.4. The molecular formula is C34H70O2. The predicted octanol–water partition coefficient (Wildman–Crippen LogP) is 11.5. The molecule has 0 amide bonds. The van der Waals surface area contributed by atoms with E-state index in [1.54, 1.807) is 0 Å². The monoisotopic (exact) mass is 511 g/mol. The van der Waals surface area contributed by atoms with Gasteiger partial charge in [-0.1, -0.05) is 181 Å². The average molecular weight is 511 g/mol. The van der Waals surface area contributed by atoms with Gasteiger partial charge >= 0.3 is 0 Å². The van der Waals surface area contributed by atoms with E-state index in [1.165, 1.54) is 167 Å². The number of aliphatic hydroxyl groups excluding tert-OH is 2. The van der Waals surface area contributed by atoms with Gasteiger partial charge in [0.25, 0.3) is 0 Å². The third kappa shape index (κ3) is 30.1. The van der Waals surface area contributed by atoms with Crippen LogP contribution in [0.1, 0.15) is 206 Å². The molecule has 0 saturated heterocycles. The zero-order valence-corrected chi connectivity index (χ0v) is 25.3. The van der Waals surface area contributed by atoms with Crippen molar-refractivity contribution in [2.24, 2.45) is 0 Å². The highest BCUT2D eigenvalue weighted by atomic mass is 16.3. The Morgan fingerprint density at radius 1 is 0.278 bits per heavy atom. The van der Waals surface area contributed by atoms with E-state index in [9.17, 15) is 10.2 Å². The summed E-state index contributed by atoms with van der Waals surface area (Å²) >= 11 is 0. The molecule has 0 aliphatic carbocycles. The SMILES string of the molecule is CCCCCCCCCCCCC[C@H](O)CCCCCCCC[C@H](O)CCCCCCCCCCC. The van der Waals surface area contributed by atoms with Gasteiger partial charge in [-0.25, -0.2) is 0 Å². The quantitative estimate of drug-likeness (QED) is 0.0910. The van der Waals surface area contributed by atoms with Crippen molar-refractivity contribution in [3.8, 4) is 0 Å². The van der Waals surface area contributed by atoms with Crippen LogP contribution in [0.4, 0.5) is 0 Å². The maximum Gasteiger partial charge on any atom is 0.0540 e. The summed E-state index contributed by atoms with van der Waals surface area (Å²) in [5, 5.41) is 20.4. The summed E-state index contributed by atoms with van der Waals surface area (Å²) < 4.78 is 0. The third-order valence-electron chi connectivity index (χ3n) is 8.11. The van der Waals surface area contributed by atoms with Crippen molar-refractivity contribution in [2.75, 3.05) is 0 Å². The van der Waals surface area contributed by atoms with Crippen LogP contribution in [0.3, 0.4) is 0 Å². The minimum absolute atomic E-state index is 0.0692. The minimum Gasteiger partial charge on any atom is -0.393 e. The first-order valence-corrected chi connectivity index (χ1v) is 17.1. The topological polar surface area (TPSA) is 40.5 Å². The number of hydrogen-bond acceptors (Lipinski definition) is 2. The fourth-order valence-corrected chi connectivity index (χ4v) is 5.49. The van der Waals surface area contributed by atoms with Gasteiger partial charge in [-0.05, 0) is 25.7 Å². The Bertz CT molecular complexity index is 383. The molecular weight excluding hydrogens is 440 g/mol. The second kappa shape index (κ2) is 31.1. The lowest BCUT2D eigenvalue weighted by atomic mass is 10.0. The molecule has 0 aromatic rings. The molecule has 0 radical (unpaired) electrons. The largest absolute Gasteiger partial charge is 0.393 e. The van der Waals surface area contributed by atoms with Crippen molar-refractivity contribution in [2.45, 2.75) is 219 Å². The first-order chi connectivity index (χ1) is 17.7. The van der Waals surface area contributed by atoms with Crippen molar-refractivity contribution >= 4 is 0 Å². The molecule has 0 spiro atoms. The first kappa shape index (κ1) is 35.9. The van der Waals surface area contributed by atoms with Gasteiger partial charge in [-0.2, -0.15) is 0 Å². The second-order valence-corrected chi connectivity index (χ2v) is 11.9. The molecule has 0 rings (SSSR count). The van der Waals surface area contributed by atoms with Gasteiger partial charge in [-0.3, -0.25) is 0 Å². The molecule has 2 heteroatoms. The standard InChI is InChI=1S/C34H70O2/c1-3-5-7-9-11-13-14-16-18-22-26-30-34(36)32-28-24-20-19-23-27-31-33(35)29-25-21-17-15-12-10-8-6-4-2/h33-36H,3-32H2,1-2H3/t33-,34+/m1/s1. The number of rotatable bonds is 31. The van der Waals surface area contributed by atoms with E-state index in [1.807, 2.05) is 0 Å². The lowest BCUT2D eigenvalue weighted by molar-refractivity contribution is 0.145. The van der Waals surface area contributed by atoms with E-state index < -0.39 is 0 Å². The highest BCUT2D eigenvalue weighted by Gasteiger charge is 2.05. The van der Waals surface area contributed by atoms with Gasteiger partial charge < -0.3 is 10.2 Å². The van der Waals surface area contributed by atoms with Gasteiger partial charge in [0, 0.05) is 0 Å². The van der Waals surface area contributed by atoms with Crippen LogP contribution < -0.4 is 0 Å². The van der Waals surface area contributed by atoms with Crippen LogP contribution in [0, 0.1) is 0 Å². The fourth-order valence-electron chi connectivity index (χ4n) is 5.49. The van der Waals surface area contributed by atoms with E-state index in [0.29, 0.717) is 0 Å². The van der Waals surface area contributed by atoms with Gasteiger partial charge in [0.05, 0.1) is 12.2 Å². The van der Waals surface area contributed by atoms with Crippen LogP contribution in [0.2, 0.25) is 0 Å². The second-order valence-electron chi connectivity index (χ2n) is 11.9. The molecule has 2 atom stereocenters. The maximum atomic E-state index is 10.2. The molecule has 0 aliphatic heterocycles. The van der Waals surface area contributed by atoms with Crippen LogP contribution in [-0.2, 0) is 0 Å². The summed E-state index contributed by atoms with van der Waals surface area (Å²) in [5.41, 5.74) is 0. The van der Waals surface area contributed by atoms with E-state index >= 15 is 0 Å². The van der Waals surface area contributed by atoms with Gasteiger partial charge in [0.2, 0.25) is 0 Å². The highest BCUT2D eigenvalue weighted by molar-refractivity contribution is 4.60. The van der Waals surface area contributed by atoms with Gasteiger partial charge in [0.1, 0.15) is 0 Å². The molecule has 0 fully saturated rings. The Morgan fingerprint density at radius 2 is 0.444 bits per heavy atom. The van der Waals surface area contributed by atoms with Crippen LogP contribution in [0.15, 0.2) is 0 Å². The van der Waals surface area contributed by atoms with E-state index in [4.69, 9.17) is 0 Å². The molecule has 2 N–H and O–H groups in total. The van der Waals surface area contributed by atoms with Gasteiger partial charge in [-0.15, -0.1) is 0 Å². The molecule has 0 aromatic carbocycles. The molecule has 0 heterocycles. The Hall–Kier alpha value is -0.0800. The van der Waals surface area contributed by atoms with Crippen molar-refractivity contribution in [1.29, 1.82) is 0 Å². The normalized spacial score (nSPS) is 13.3. The van der Waals surface area contributed by atoms with Crippen molar-refractivity contribution < 1.29 is 10.2 Å². The predicted molar refractivity (Wildman–Crippen MR) is 162 cm³/mol. The first-order valence-electron chi connectivity index (χ1n) is 17.1. The lowest BCUT2D eigenvalue weighted by Gasteiger charge is -2.11. The fraction of sp³-hybridized carbons (Fsp3) is 1.00. The van der Waals surface area contributed by atoms with Crippen LogP contribution in [0.25, 0.3) is 0 Å². The summed E-state index contributed by atoms with van der Waals surface area (Å²) in [4.78, 5) is 0.